The van der Waals surface area contributed by atoms with Crippen LogP contribution in [0.15, 0.2) is 194 Å². The number of carbonyl (C=O) groups excluding carboxylic acids is 4. The highest BCUT2D eigenvalue weighted by Gasteiger charge is 2.32. The number of carbonyl (C=O) groups is 4. The third-order valence-corrected chi connectivity index (χ3v) is 14.3. The van der Waals surface area contributed by atoms with Gasteiger partial charge in [-0.1, -0.05) is 208 Å². The van der Waals surface area contributed by atoms with Gasteiger partial charge in [0.05, 0.1) is 13.2 Å². The van der Waals surface area contributed by atoms with Crippen molar-refractivity contribution in [2.24, 2.45) is 0 Å². The molecule has 0 aliphatic heterocycles. The van der Waals surface area contributed by atoms with E-state index in [0.717, 1.165) is 0 Å². The average molecular weight is 1060 g/mol. The van der Waals surface area contributed by atoms with Gasteiger partial charge in [0, 0.05) is 37.5 Å². The predicted molar refractivity (Wildman–Crippen MR) is 313 cm³/mol. The number of fused-ring (bicyclic) bond motifs is 12. The Hall–Kier alpha value is -8.64. The highest BCUT2D eigenvalue weighted by Crippen LogP contribution is 2.48. The average Bonchev–Trinajstić information content (AvgIpc) is 4.29. The minimum Gasteiger partial charge on any atom is -0.465 e. The van der Waals surface area contributed by atoms with Crippen LogP contribution in [0.3, 0.4) is 0 Å². The standard InChI is InChI=1S/C17H18N2O2.C17H17NO2.2C16H14O2.C2H6/c1-18-11-19-17(20)21-10-16-14-8-4-2-6-12(14)13-7-3-5-9-15(13)16;1-18-10-17(19)20-11-16-14-8-4-2-6-12(14)13-7-3-5-9-15(13)16;2*1-11(17)18-10-16-14-8-4-2-6-12(14)13-7-3-5-9-15(13)16;1-2/h2-9,16,18H,10-11H2,1H3,(H,19,20);2-9,16,18H,10-11H2,1H3;2*2-9,16H,10H2,1H3;1-2H3. The van der Waals surface area contributed by atoms with E-state index in [2.05, 4.69) is 113 Å². The minimum absolute atomic E-state index is 0.109. The summed E-state index contributed by atoms with van der Waals surface area (Å²) >= 11 is 0. The van der Waals surface area contributed by atoms with Crippen LogP contribution < -0.4 is 16.0 Å². The zero-order valence-electron chi connectivity index (χ0n) is 45.8. The number of likely N-dealkylation sites (N-methyl/N-ethyl adjacent to an activating group) is 1. The first kappa shape index (κ1) is 56.6. The molecule has 1 amide bonds. The second-order valence-corrected chi connectivity index (χ2v) is 19.0. The summed E-state index contributed by atoms with van der Waals surface area (Å²) in [7, 11) is 3.51. The molecule has 0 aromatic heterocycles. The van der Waals surface area contributed by atoms with Crippen molar-refractivity contribution in [3.8, 4) is 44.5 Å². The van der Waals surface area contributed by atoms with E-state index < -0.39 is 6.09 Å². The molecule has 0 fully saturated rings. The third kappa shape index (κ3) is 13.2. The number of amides is 1. The quantitative estimate of drug-likeness (QED) is 0.0615. The van der Waals surface area contributed by atoms with E-state index in [1.165, 1.54) is 103 Å². The Kier molecular flexibility index (Phi) is 19.8. The smallest absolute Gasteiger partial charge is 0.408 e. The zero-order valence-corrected chi connectivity index (χ0v) is 45.8. The van der Waals surface area contributed by atoms with Crippen molar-refractivity contribution in [1.82, 2.24) is 16.0 Å². The molecule has 0 spiro atoms. The maximum atomic E-state index is 11.6. The number of rotatable bonds is 12. The Morgan fingerprint density at radius 1 is 0.342 bits per heavy atom. The first-order chi connectivity index (χ1) is 38.7. The Bertz CT molecular complexity index is 3100. The molecule has 0 saturated carbocycles. The fraction of sp³-hybridized carbons (Fsp3) is 0.235. The first-order valence-electron chi connectivity index (χ1n) is 27.0. The van der Waals surface area contributed by atoms with Crippen molar-refractivity contribution in [2.75, 3.05) is 53.7 Å². The summed E-state index contributed by atoms with van der Waals surface area (Å²) in [5.41, 5.74) is 19.9. The summed E-state index contributed by atoms with van der Waals surface area (Å²) in [5.74, 6) is -0.0772. The molecule has 404 valence electrons. The van der Waals surface area contributed by atoms with E-state index in [9.17, 15) is 19.2 Å². The van der Waals surface area contributed by atoms with Crippen LogP contribution in [0.5, 0.6) is 0 Å². The molecule has 0 saturated heterocycles. The second kappa shape index (κ2) is 27.6. The van der Waals surface area contributed by atoms with Crippen LogP contribution in [0, 0.1) is 0 Å². The molecule has 0 unspecified atom stereocenters. The Morgan fingerprint density at radius 3 is 0.797 bits per heavy atom. The maximum absolute atomic E-state index is 11.6. The number of benzene rings is 8. The minimum atomic E-state index is -0.397. The third-order valence-electron chi connectivity index (χ3n) is 14.3. The number of hydrogen-bond acceptors (Lipinski definition) is 10. The predicted octanol–water partition coefficient (Wildman–Crippen LogP) is 13.0. The van der Waals surface area contributed by atoms with Crippen molar-refractivity contribution in [3.63, 3.8) is 0 Å². The van der Waals surface area contributed by atoms with E-state index in [1.807, 2.05) is 111 Å². The highest BCUT2D eigenvalue weighted by molar-refractivity contribution is 5.82. The van der Waals surface area contributed by atoms with E-state index >= 15 is 0 Å². The molecule has 0 bridgehead atoms. The lowest BCUT2D eigenvalue weighted by Gasteiger charge is -2.14. The maximum Gasteiger partial charge on any atom is 0.408 e. The molecule has 8 aromatic rings. The topological polar surface area (TPSA) is 141 Å². The van der Waals surface area contributed by atoms with Crippen LogP contribution in [-0.2, 0) is 33.3 Å². The van der Waals surface area contributed by atoms with Crippen LogP contribution in [0.1, 0.15) is 95.9 Å². The molecule has 0 atom stereocenters. The van der Waals surface area contributed by atoms with Gasteiger partial charge in [-0.3, -0.25) is 14.4 Å². The summed E-state index contributed by atoms with van der Waals surface area (Å²) < 4.78 is 21.1. The van der Waals surface area contributed by atoms with Crippen LogP contribution in [0.4, 0.5) is 4.79 Å². The fourth-order valence-corrected chi connectivity index (χ4v) is 10.9. The van der Waals surface area contributed by atoms with Gasteiger partial charge in [0.2, 0.25) is 0 Å². The van der Waals surface area contributed by atoms with Crippen LogP contribution in [0.25, 0.3) is 44.5 Å². The molecule has 0 radical (unpaired) electrons. The van der Waals surface area contributed by atoms with Gasteiger partial charge < -0.3 is 34.9 Å². The van der Waals surface area contributed by atoms with E-state index in [4.69, 9.17) is 18.9 Å². The molecule has 3 N–H and O–H groups in total. The summed E-state index contributed by atoms with van der Waals surface area (Å²) in [6.45, 7) is 9.14. The van der Waals surface area contributed by atoms with Gasteiger partial charge in [-0.2, -0.15) is 0 Å². The van der Waals surface area contributed by atoms with E-state index in [0.29, 0.717) is 33.1 Å². The summed E-state index contributed by atoms with van der Waals surface area (Å²) in [4.78, 5) is 45.2. The normalized spacial score (nSPS) is 12.6. The van der Waals surface area contributed by atoms with Gasteiger partial charge in [0.15, 0.2) is 0 Å². The SMILES string of the molecule is CC.CC(=O)OCC1c2ccccc2-c2ccccc21.CC(=O)OCC1c2ccccc2-c2ccccc21.CNCC(=O)OCC1c2ccccc2-c2ccccc21.CNCNC(=O)OCC1c2ccccc2-c2ccccc21. The first-order valence-corrected chi connectivity index (χ1v) is 27.0. The van der Waals surface area contributed by atoms with Crippen molar-refractivity contribution in [2.45, 2.75) is 51.4 Å². The lowest BCUT2D eigenvalue weighted by atomic mass is 9.98. The van der Waals surface area contributed by atoms with Crippen molar-refractivity contribution < 1.29 is 38.1 Å². The lowest BCUT2D eigenvalue weighted by molar-refractivity contribution is -0.143. The number of nitrogens with one attached hydrogen (secondary N) is 3. The Labute approximate surface area is 464 Å². The second-order valence-electron chi connectivity index (χ2n) is 19.0. The zero-order chi connectivity index (χ0) is 55.7. The van der Waals surface area contributed by atoms with E-state index in [1.54, 1.807) is 14.1 Å². The van der Waals surface area contributed by atoms with Gasteiger partial charge in [-0.05, 0) is 103 Å². The summed E-state index contributed by atoms with van der Waals surface area (Å²) in [6, 6.07) is 66.5. The largest absolute Gasteiger partial charge is 0.465 e. The highest BCUT2D eigenvalue weighted by atomic mass is 16.6. The van der Waals surface area contributed by atoms with E-state index in [-0.39, 0.29) is 48.1 Å². The Morgan fingerprint density at radius 2 is 0.570 bits per heavy atom. The molecule has 8 aromatic carbocycles. The fourth-order valence-electron chi connectivity index (χ4n) is 10.9. The van der Waals surface area contributed by atoms with Crippen molar-refractivity contribution in [1.29, 1.82) is 0 Å². The number of esters is 3. The molecule has 4 aliphatic carbocycles. The number of alkyl carbamates (subject to hydrolysis) is 1. The monoisotopic (exact) mass is 1060 g/mol. The molecule has 79 heavy (non-hydrogen) atoms. The van der Waals surface area contributed by atoms with Gasteiger partial charge in [-0.15, -0.1) is 0 Å². The summed E-state index contributed by atoms with van der Waals surface area (Å²) in [5, 5.41) is 8.28. The van der Waals surface area contributed by atoms with Crippen LogP contribution in [0.2, 0.25) is 0 Å². The van der Waals surface area contributed by atoms with Crippen LogP contribution in [-0.4, -0.2) is 77.7 Å². The number of hydrogen-bond donors (Lipinski definition) is 3. The van der Waals surface area contributed by atoms with Crippen molar-refractivity contribution >= 4 is 24.0 Å². The molecular formula is C68H69N3O8. The molecule has 0 heterocycles. The summed E-state index contributed by atoms with van der Waals surface area (Å²) in [6.07, 6.45) is -0.397. The van der Waals surface area contributed by atoms with Gasteiger partial charge in [0.1, 0.15) is 26.4 Å². The van der Waals surface area contributed by atoms with Crippen LogP contribution >= 0.6 is 0 Å². The van der Waals surface area contributed by atoms with Crippen molar-refractivity contribution in [3.05, 3.63) is 239 Å². The molecule has 12 rings (SSSR count). The van der Waals surface area contributed by atoms with Gasteiger partial charge >= 0.3 is 24.0 Å². The lowest BCUT2D eigenvalue weighted by Crippen LogP contribution is -2.33. The van der Waals surface area contributed by atoms with Gasteiger partial charge in [0.25, 0.3) is 0 Å². The molecule has 11 heteroatoms. The number of ether oxygens (including phenoxy) is 4. The van der Waals surface area contributed by atoms with Gasteiger partial charge in [-0.25, -0.2) is 4.79 Å². The molecule has 4 aliphatic rings. The molecule has 11 nitrogen and oxygen atoms in total. The molecular weight excluding hydrogens is 987 g/mol. The Balaban J connectivity index is 0.000000137.